The van der Waals surface area contributed by atoms with Crippen molar-refractivity contribution in [3.05, 3.63) is 51.3 Å². The van der Waals surface area contributed by atoms with Crippen molar-refractivity contribution in [3.8, 4) is 5.69 Å². The number of hydrogen-bond acceptors (Lipinski definition) is 3. The third-order valence-electron chi connectivity index (χ3n) is 2.50. The molecular weight excluding hydrogens is 275 g/mol. The van der Waals surface area contributed by atoms with Crippen molar-refractivity contribution in [3.63, 3.8) is 0 Å². The molecule has 0 unspecified atom stereocenters. The number of hydrogen-bond donors (Lipinski definition) is 1. The fraction of sp³-hybridized carbons (Fsp3) is 0. The fourth-order valence-electron chi connectivity index (χ4n) is 1.77. The van der Waals surface area contributed by atoms with E-state index < -0.39 is 0 Å². The van der Waals surface area contributed by atoms with Crippen LogP contribution in [0.5, 0.6) is 0 Å². The lowest BCUT2D eigenvalue weighted by atomic mass is 10.3. The summed E-state index contributed by atoms with van der Waals surface area (Å²) in [5.41, 5.74) is 1.09. The van der Waals surface area contributed by atoms with Gasteiger partial charge in [0.2, 0.25) is 0 Å². The van der Waals surface area contributed by atoms with Crippen LogP contribution in [0.3, 0.4) is 0 Å². The first-order valence-corrected chi connectivity index (χ1v) is 5.79. The van der Waals surface area contributed by atoms with Gasteiger partial charge in [-0.2, -0.15) is 0 Å². The summed E-state index contributed by atoms with van der Waals surface area (Å²) in [6.45, 7) is 0. The van der Waals surface area contributed by atoms with E-state index in [1.165, 1.54) is 10.9 Å². The number of H-pyrrole nitrogens is 1. The zero-order valence-electron chi connectivity index (χ0n) is 8.89. The monoisotopic (exact) mass is 280 g/mol. The fourth-order valence-corrected chi connectivity index (χ4v) is 2.17. The minimum atomic E-state index is -0.338. The van der Waals surface area contributed by atoms with Crippen LogP contribution in [0.2, 0.25) is 10.2 Å². The maximum absolute atomic E-state index is 11.9. The van der Waals surface area contributed by atoms with Crippen molar-refractivity contribution in [1.82, 2.24) is 19.5 Å². The lowest BCUT2D eigenvalue weighted by Gasteiger charge is -2.03. The molecule has 2 aromatic heterocycles. The molecule has 18 heavy (non-hydrogen) atoms. The molecule has 0 bridgehead atoms. The van der Waals surface area contributed by atoms with Crippen LogP contribution in [-0.2, 0) is 0 Å². The van der Waals surface area contributed by atoms with Crippen LogP contribution in [0, 0.1) is 0 Å². The Hall–Kier alpha value is -1.85. The Bertz CT molecular complexity index is 793. The second-order valence-electron chi connectivity index (χ2n) is 3.61. The normalized spacial score (nSPS) is 11.0. The van der Waals surface area contributed by atoms with Gasteiger partial charge in [-0.1, -0.05) is 29.3 Å². The van der Waals surface area contributed by atoms with Crippen LogP contribution in [-0.4, -0.2) is 19.5 Å². The summed E-state index contributed by atoms with van der Waals surface area (Å²) in [5, 5.41) is 0.736. The van der Waals surface area contributed by atoms with E-state index >= 15 is 0 Å². The van der Waals surface area contributed by atoms with Gasteiger partial charge in [0.05, 0.1) is 5.69 Å². The van der Waals surface area contributed by atoms with Gasteiger partial charge in [-0.05, 0) is 18.2 Å². The highest BCUT2D eigenvalue weighted by molar-refractivity contribution is 6.33. The zero-order chi connectivity index (χ0) is 12.7. The van der Waals surface area contributed by atoms with Gasteiger partial charge in [0.1, 0.15) is 11.8 Å². The van der Waals surface area contributed by atoms with E-state index in [1.54, 1.807) is 24.3 Å². The second-order valence-corrected chi connectivity index (χ2v) is 4.40. The van der Waals surface area contributed by atoms with Crippen LogP contribution in [0.25, 0.3) is 16.9 Å². The van der Waals surface area contributed by atoms with Crippen LogP contribution >= 0.6 is 23.2 Å². The van der Waals surface area contributed by atoms with E-state index in [1.807, 2.05) is 0 Å². The molecule has 3 aromatic rings. The molecule has 5 nitrogen and oxygen atoms in total. The number of aromatic amines is 1. The first-order chi connectivity index (χ1) is 8.66. The lowest BCUT2D eigenvalue weighted by Crippen LogP contribution is -2.14. The first kappa shape index (κ1) is 11.3. The molecule has 1 aromatic carbocycles. The molecule has 7 heteroatoms. The van der Waals surface area contributed by atoms with E-state index in [0.29, 0.717) is 21.9 Å². The number of fused-ring (bicyclic) bond motifs is 1. The maximum Gasteiger partial charge on any atom is 0.332 e. The van der Waals surface area contributed by atoms with Crippen molar-refractivity contribution < 1.29 is 0 Å². The van der Waals surface area contributed by atoms with Crippen LogP contribution < -0.4 is 5.69 Å². The number of rotatable bonds is 1. The van der Waals surface area contributed by atoms with Gasteiger partial charge in [0.25, 0.3) is 0 Å². The molecule has 0 aliphatic heterocycles. The van der Waals surface area contributed by atoms with Gasteiger partial charge < -0.3 is 0 Å². The standard InChI is InChI=1S/C11H6Cl2N4O/c12-6-2-1-3-7(4-6)17-8-9(13)14-5-15-10(8)16-11(17)18/h1-5H,(H,14,15,16,18). The van der Waals surface area contributed by atoms with Gasteiger partial charge >= 0.3 is 5.69 Å². The van der Waals surface area contributed by atoms with E-state index in [0.717, 1.165) is 0 Å². The molecule has 0 atom stereocenters. The molecule has 0 saturated carbocycles. The molecule has 0 saturated heterocycles. The van der Waals surface area contributed by atoms with Gasteiger partial charge in [0.15, 0.2) is 10.8 Å². The Morgan fingerprint density at radius 1 is 1.22 bits per heavy atom. The third kappa shape index (κ3) is 1.68. The molecular formula is C11H6Cl2N4O. The van der Waals surface area contributed by atoms with Crippen LogP contribution in [0.4, 0.5) is 0 Å². The van der Waals surface area contributed by atoms with Gasteiger partial charge in [-0.15, -0.1) is 0 Å². The molecule has 3 rings (SSSR count). The van der Waals surface area contributed by atoms with Crippen molar-refractivity contribution >= 4 is 34.4 Å². The lowest BCUT2D eigenvalue weighted by molar-refractivity contribution is 1.01. The molecule has 1 N–H and O–H groups in total. The SMILES string of the molecule is O=c1[nH]c2ncnc(Cl)c2n1-c1cccc(Cl)c1. The quantitative estimate of drug-likeness (QED) is 0.697. The van der Waals surface area contributed by atoms with Crippen molar-refractivity contribution in [2.75, 3.05) is 0 Å². The highest BCUT2D eigenvalue weighted by Crippen LogP contribution is 2.21. The third-order valence-corrected chi connectivity index (χ3v) is 3.01. The van der Waals surface area contributed by atoms with Crippen LogP contribution in [0.1, 0.15) is 0 Å². The molecule has 0 fully saturated rings. The number of nitrogens with zero attached hydrogens (tertiary/aromatic N) is 3. The molecule has 0 aliphatic rings. The van der Waals surface area contributed by atoms with E-state index in [4.69, 9.17) is 23.2 Å². The average molecular weight is 281 g/mol. The first-order valence-electron chi connectivity index (χ1n) is 5.04. The summed E-state index contributed by atoms with van der Waals surface area (Å²) in [7, 11) is 0. The Morgan fingerprint density at radius 2 is 2.06 bits per heavy atom. The number of imidazole rings is 1. The summed E-state index contributed by atoms with van der Waals surface area (Å²) < 4.78 is 1.39. The predicted octanol–water partition coefficient (Wildman–Crippen LogP) is 2.42. The number of halogens is 2. The summed E-state index contributed by atoms with van der Waals surface area (Å²) in [4.78, 5) is 22.4. The summed E-state index contributed by atoms with van der Waals surface area (Å²) in [6, 6.07) is 6.90. The topological polar surface area (TPSA) is 63.6 Å². The highest BCUT2D eigenvalue weighted by Gasteiger charge is 2.13. The number of nitrogens with one attached hydrogen (secondary N) is 1. The predicted molar refractivity (Wildman–Crippen MR) is 69.5 cm³/mol. The summed E-state index contributed by atoms with van der Waals surface area (Å²) >= 11 is 11.9. The molecule has 0 radical (unpaired) electrons. The number of benzene rings is 1. The van der Waals surface area contributed by atoms with Gasteiger partial charge in [-0.3, -0.25) is 9.55 Å². The Balaban J connectivity index is 2.42. The Kier molecular flexibility index (Phi) is 2.57. The van der Waals surface area contributed by atoms with Crippen molar-refractivity contribution in [1.29, 1.82) is 0 Å². The van der Waals surface area contributed by atoms with Gasteiger partial charge in [0, 0.05) is 5.02 Å². The molecule has 2 heterocycles. The van der Waals surface area contributed by atoms with E-state index in [2.05, 4.69) is 15.0 Å². The van der Waals surface area contributed by atoms with Crippen molar-refractivity contribution in [2.24, 2.45) is 0 Å². The zero-order valence-corrected chi connectivity index (χ0v) is 10.4. The smallest absolute Gasteiger partial charge is 0.290 e. The largest absolute Gasteiger partial charge is 0.332 e. The molecule has 90 valence electrons. The minimum Gasteiger partial charge on any atom is -0.290 e. The minimum absolute atomic E-state index is 0.207. The van der Waals surface area contributed by atoms with Crippen molar-refractivity contribution in [2.45, 2.75) is 0 Å². The summed E-state index contributed by atoms with van der Waals surface area (Å²) in [5.74, 6) is 0. The molecule has 0 aliphatic carbocycles. The molecule has 0 spiro atoms. The van der Waals surface area contributed by atoms with E-state index in [-0.39, 0.29) is 10.8 Å². The second kappa shape index (κ2) is 4.12. The average Bonchev–Trinajstić information content (AvgIpc) is 2.67. The Labute approximate surface area is 111 Å². The van der Waals surface area contributed by atoms with E-state index in [9.17, 15) is 4.79 Å². The maximum atomic E-state index is 11.9. The van der Waals surface area contributed by atoms with Crippen LogP contribution in [0.15, 0.2) is 35.4 Å². The van der Waals surface area contributed by atoms with Gasteiger partial charge in [-0.25, -0.2) is 14.8 Å². The highest BCUT2D eigenvalue weighted by atomic mass is 35.5. The number of aromatic nitrogens is 4. The Morgan fingerprint density at radius 3 is 2.83 bits per heavy atom. The summed E-state index contributed by atoms with van der Waals surface area (Å²) in [6.07, 6.45) is 1.29. The molecule has 0 amide bonds.